The van der Waals surface area contributed by atoms with E-state index in [4.69, 9.17) is 4.74 Å². The van der Waals surface area contributed by atoms with Crippen LogP contribution in [0.4, 0.5) is 4.79 Å². The Balaban J connectivity index is 1.75. The summed E-state index contributed by atoms with van der Waals surface area (Å²) >= 11 is 0. The van der Waals surface area contributed by atoms with Gasteiger partial charge in [0, 0.05) is 31.7 Å². The molecule has 0 atom stereocenters. The van der Waals surface area contributed by atoms with E-state index in [1.54, 1.807) is 4.90 Å². The Morgan fingerprint density at radius 2 is 1.75 bits per heavy atom. The van der Waals surface area contributed by atoms with Gasteiger partial charge in [-0.25, -0.2) is 9.79 Å². The second-order valence-corrected chi connectivity index (χ2v) is 6.14. The first-order valence-electron chi connectivity index (χ1n) is 8.88. The molecule has 2 rings (SSSR count). The SMILES string of the molecule is CCNC(=NCC(=O)NC1CC1)NC1CCN(C(=O)OCC)CC1. The lowest BCUT2D eigenvalue weighted by molar-refractivity contribution is -0.119. The van der Waals surface area contributed by atoms with Crippen molar-refractivity contribution in [3.8, 4) is 0 Å². The third kappa shape index (κ3) is 6.25. The minimum absolute atomic E-state index is 0.0353. The molecule has 24 heavy (non-hydrogen) atoms. The Morgan fingerprint density at radius 3 is 2.33 bits per heavy atom. The largest absolute Gasteiger partial charge is 0.450 e. The number of aliphatic imine (C=N–C) groups is 1. The minimum Gasteiger partial charge on any atom is -0.450 e. The molecule has 0 aromatic heterocycles. The summed E-state index contributed by atoms with van der Waals surface area (Å²) in [6.07, 6.45) is 3.57. The molecule has 1 saturated carbocycles. The van der Waals surface area contributed by atoms with Crippen LogP contribution in [0.2, 0.25) is 0 Å². The van der Waals surface area contributed by atoms with Crippen LogP contribution in [0.15, 0.2) is 4.99 Å². The van der Waals surface area contributed by atoms with E-state index in [0.717, 1.165) is 32.2 Å². The normalized spacial score (nSPS) is 18.9. The van der Waals surface area contributed by atoms with Crippen molar-refractivity contribution in [3.05, 3.63) is 0 Å². The van der Waals surface area contributed by atoms with E-state index < -0.39 is 0 Å². The second kappa shape index (κ2) is 9.34. The van der Waals surface area contributed by atoms with E-state index in [9.17, 15) is 9.59 Å². The summed E-state index contributed by atoms with van der Waals surface area (Å²) in [5, 5.41) is 9.44. The molecule has 3 N–H and O–H groups in total. The number of ether oxygens (including phenoxy) is 1. The monoisotopic (exact) mass is 339 g/mol. The van der Waals surface area contributed by atoms with Crippen molar-refractivity contribution in [3.63, 3.8) is 0 Å². The van der Waals surface area contributed by atoms with Crippen LogP contribution in [0.25, 0.3) is 0 Å². The quantitative estimate of drug-likeness (QED) is 0.482. The summed E-state index contributed by atoms with van der Waals surface area (Å²) in [6.45, 7) is 6.40. The molecule has 2 amide bonds. The van der Waals surface area contributed by atoms with Crippen LogP contribution in [0.3, 0.4) is 0 Å². The van der Waals surface area contributed by atoms with Crippen molar-refractivity contribution in [2.75, 3.05) is 32.8 Å². The van der Waals surface area contributed by atoms with E-state index in [1.807, 2.05) is 13.8 Å². The van der Waals surface area contributed by atoms with Gasteiger partial charge in [0.05, 0.1) is 6.61 Å². The maximum absolute atomic E-state index is 11.7. The third-order valence-electron chi connectivity index (χ3n) is 4.03. The van der Waals surface area contributed by atoms with Gasteiger partial charge in [0.15, 0.2) is 5.96 Å². The van der Waals surface area contributed by atoms with Crippen molar-refractivity contribution in [1.29, 1.82) is 0 Å². The Bertz CT molecular complexity index is 457. The van der Waals surface area contributed by atoms with Gasteiger partial charge in [0.25, 0.3) is 0 Å². The van der Waals surface area contributed by atoms with Crippen LogP contribution >= 0.6 is 0 Å². The number of nitrogens with one attached hydrogen (secondary N) is 3. The standard InChI is InChI=1S/C16H29N5O3/c1-3-17-15(18-11-14(22)19-12-5-6-12)20-13-7-9-21(10-8-13)16(23)24-4-2/h12-13H,3-11H2,1-2H3,(H,19,22)(H2,17,18,20). The van der Waals surface area contributed by atoms with Crippen LogP contribution in [0.5, 0.6) is 0 Å². The number of rotatable bonds is 6. The summed E-state index contributed by atoms with van der Waals surface area (Å²) < 4.78 is 5.02. The zero-order valence-corrected chi connectivity index (χ0v) is 14.6. The predicted octanol–water partition coefficient (Wildman–Crippen LogP) is 0.441. The molecule has 0 aromatic rings. The zero-order chi connectivity index (χ0) is 17.4. The number of nitrogens with zero attached hydrogens (tertiary/aromatic N) is 2. The highest BCUT2D eigenvalue weighted by molar-refractivity contribution is 5.85. The van der Waals surface area contributed by atoms with Crippen molar-refractivity contribution in [2.24, 2.45) is 4.99 Å². The molecule has 0 unspecified atom stereocenters. The summed E-state index contributed by atoms with van der Waals surface area (Å²) in [4.78, 5) is 29.5. The molecule has 1 saturated heterocycles. The van der Waals surface area contributed by atoms with E-state index in [1.165, 1.54) is 0 Å². The molecular weight excluding hydrogens is 310 g/mol. The Hall–Kier alpha value is -1.99. The predicted molar refractivity (Wildman–Crippen MR) is 91.9 cm³/mol. The molecule has 2 fully saturated rings. The highest BCUT2D eigenvalue weighted by Gasteiger charge is 2.25. The number of piperidine rings is 1. The van der Waals surface area contributed by atoms with Gasteiger partial charge in [0.1, 0.15) is 6.54 Å². The fourth-order valence-electron chi connectivity index (χ4n) is 2.59. The Morgan fingerprint density at radius 1 is 1.08 bits per heavy atom. The number of carbonyl (C=O) groups excluding carboxylic acids is 2. The molecule has 1 heterocycles. The molecule has 1 aliphatic heterocycles. The van der Waals surface area contributed by atoms with Crippen LogP contribution in [0.1, 0.15) is 39.5 Å². The molecule has 2 aliphatic rings. The number of hydrogen-bond acceptors (Lipinski definition) is 4. The smallest absolute Gasteiger partial charge is 0.409 e. The number of hydrogen-bond donors (Lipinski definition) is 3. The summed E-state index contributed by atoms with van der Waals surface area (Å²) in [5.41, 5.74) is 0. The van der Waals surface area contributed by atoms with Crippen molar-refractivity contribution < 1.29 is 14.3 Å². The van der Waals surface area contributed by atoms with Gasteiger partial charge < -0.3 is 25.6 Å². The van der Waals surface area contributed by atoms with Crippen molar-refractivity contribution in [2.45, 2.75) is 51.6 Å². The van der Waals surface area contributed by atoms with Crippen LogP contribution in [-0.2, 0) is 9.53 Å². The molecule has 0 aromatic carbocycles. The first-order valence-corrected chi connectivity index (χ1v) is 8.88. The molecule has 0 spiro atoms. The topological polar surface area (TPSA) is 95.1 Å². The van der Waals surface area contributed by atoms with Crippen molar-refractivity contribution >= 4 is 18.0 Å². The van der Waals surface area contributed by atoms with Gasteiger partial charge in [-0.15, -0.1) is 0 Å². The Labute approximate surface area is 143 Å². The van der Waals surface area contributed by atoms with E-state index in [2.05, 4.69) is 20.9 Å². The molecule has 136 valence electrons. The lowest BCUT2D eigenvalue weighted by Crippen LogP contribution is -2.50. The third-order valence-corrected chi connectivity index (χ3v) is 4.03. The Kier molecular flexibility index (Phi) is 7.14. The molecule has 1 aliphatic carbocycles. The van der Waals surface area contributed by atoms with Gasteiger partial charge in [0.2, 0.25) is 5.91 Å². The first kappa shape index (κ1) is 18.4. The fraction of sp³-hybridized carbons (Fsp3) is 0.812. The average molecular weight is 339 g/mol. The van der Waals surface area contributed by atoms with Gasteiger partial charge in [-0.1, -0.05) is 0 Å². The number of carbonyl (C=O) groups is 2. The van der Waals surface area contributed by atoms with Gasteiger partial charge in [-0.3, -0.25) is 4.79 Å². The second-order valence-electron chi connectivity index (χ2n) is 6.14. The maximum Gasteiger partial charge on any atom is 0.409 e. The summed E-state index contributed by atoms with van der Waals surface area (Å²) in [5.74, 6) is 0.616. The zero-order valence-electron chi connectivity index (χ0n) is 14.6. The average Bonchev–Trinajstić information content (AvgIpc) is 3.37. The van der Waals surface area contributed by atoms with E-state index >= 15 is 0 Å². The highest BCUT2D eigenvalue weighted by atomic mass is 16.6. The highest BCUT2D eigenvalue weighted by Crippen LogP contribution is 2.18. The molecule has 0 radical (unpaired) electrons. The molecule has 0 bridgehead atoms. The van der Waals surface area contributed by atoms with Crippen molar-refractivity contribution in [1.82, 2.24) is 20.9 Å². The molecule has 8 heteroatoms. The van der Waals surface area contributed by atoms with Crippen LogP contribution in [-0.4, -0.2) is 67.7 Å². The molecular formula is C16H29N5O3. The number of amides is 2. The lowest BCUT2D eigenvalue weighted by Gasteiger charge is -2.32. The number of likely N-dealkylation sites (tertiary alicyclic amines) is 1. The maximum atomic E-state index is 11.7. The van der Waals surface area contributed by atoms with Gasteiger partial charge in [-0.2, -0.15) is 0 Å². The summed E-state index contributed by atoms with van der Waals surface area (Å²) in [6, 6.07) is 0.593. The fourth-order valence-corrected chi connectivity index (χ4v) is 2.59. The molecule has 8 nitrogen and oxygen atoms in total. The summed E-state index contributed by atoms with van der Waals surface area (Å²) in [7, 11) is 0. The first-order chi connectivity index (χ1) is 11.6. The van der Waals surface area contributed by atoms with E-state index in [0.29, 0.717) is 31.7 Å². The van der Waals surface area contributed by atoms with Gasteiger partial charge >= 0.3 is 6.09 Å². The minimum atomic E-state index is -0.242. The van der Waals surface area contributed by atoms with Crippen LogP contribution in [0, 0.1) is 0 Å². The van der Waals surface area contributed by atoms with Crippen LogP contribution < -0.4 is 16.0 Å². The number of guanidine groups is 1. The van der Waals surface area contributed by atoms with E-state index in [-0.39, 0.29) is 24.6 Å². The van der Waals surface area contributed by atoms with Gasteiger partial charge in [-0.05, 0) is 39.5 Å². The lowest BCUT2D eigenvalue weighted by atomic mass is 10.1.